The Hall–Kier alpha value is -2.31. The van der Waals surface area contributed by atoms with Gasteiger partial charge in [0.15, 0.2) is 17.1 Å². The molecule has 2 heterocycles. The van der Waals surface area contributed by atoms with E-state index in [2.05, 4.69) is 15.5 Å². The molecule has 1 aromatic carbocycles. The SMILES string of the molecule is C[C@@H](NC(=O)C(C)(C)Oc1ccc([C@@H]2CC2(Cl)Cl)cc1)c1nnc2ccccn12. The zero-order valence-electron chi connectivity index (χ0n) is 16.4. The summed E-state index contributed by atoms with van der Waals surface area (Å²) in [5, 5.41) is 11.3. The summed E-state index contributed by atoms with van der Waals surface area (Å²) >= 11 is 12.3. The van der Waals surface area contributed by atoms with E-state index in [1.54, 1.807) is 13.8 Å². The quantitative estimate of drug-likeness (QED) is 0.585. The van der Waals surface area contributed by atoms with E-state index in [0.717, 1.165) is 17.6 Å². The van der Waals surface area contributed by atoms with Gasteiger partial charge in [0.05, 0.1) is 6.04 Å². The van der Waals surface area contributed by atoms with E-state index in [0.29, 0.717) is 11.6 Å². The molecule has 0 saturated heterocycles. The van der Waals surface area contributed by atoms with E-state index < -0.39 is 9.93 Å². The van der Waals surface area contributed by atoms with Crippen molar-refractivity contribution in [3.8, 4) is 5.75 Å². The van der Waals surface area contributed by atoms with Gasteiger partial charge in [0, 0.05) is 12.1 Å². The summed E-state index contributed by atoms with van der Waals surface area (Å²) in [6.45, 7) is 5.33. The molecule has 1 aliphatic carbocycles. The number of fused-ring (bicyclic) bond motifs is 1. The first kappa shape index (κ1) is 20.0. The van der Waals surface area contributed by atoms with Crippen molar-refractivity contribution in [2.24, 2.45) is 0 Å². The Kier molecular flexibility index (Phi) is 4.95. The molecule has 3 aromatic rings. The maximum absolute atomic E-state index is 12.9. The van der Waals surface area contributed by atoms with E-state index in [9.17, 15) is 4.79 Å². The molecule has 0 spiro atoms. The monoisotopic (exact) mass is 432 g/mol. The van der Waals surface area contributed by atoms with Crippen molar-refractivity contribution in [3.05, 3.63) is 60.0 Å². The molecule has 2 aromatic heterocycles. The fourth-order valence-corrected chi connectivity index (χ4v) is 3.83. The number of nitrogens with one attached hydrogen (secondary N) is 1. The number of halogens is 2. The average molecular weight is 433 g/mol. The third-order valence-corrected chi connectivity index (χ3v) is 5.94. The molecule has 2 atom stereocenters. The van der Waals surface area contributed by atoms with Crippen LogP contribution in [0.15, 0.2) is 48.7 Å². The first-order valence-corrected chi connectivity index (χ1v) is 10.2. The lowest BCUT2D eigenvalue weighted by molar-refractivity contribution is -0.135. The number of hydrogen-bond acceptors (Lipinski definition) is 4. The summed E-state index contributed by atoms with van der Waals surface area (Å²) in [4.78, 5) is 12.9. The van der Waals surface area contributed by atoms with Crippen LogP contribution in [0.25, 0.3) is 5.65 Å². The summed E-state index contributed by atoms with van der Waals surface area (Å²) in [7, 11) is 0. The predicted molar refractivity (Wildman–Crippen MR) is 112 cm³/mol. The molecule has 0 radical (unpaired) electrons. The second kappa shape index (κ2) is 7.18. The third-order valence-electron chi connectivity index (χ3n) is 5.10. The number of rotatable bonds is 6. The molecule has 1 amide bonds. The lowest BCUT2D eigenvalue weighted by Gasteiger charge is -2.27. The van der Waals surface area contributed by atoms with Crippen LogP contribution in [0.5, 0.6) is 5.75 Å². The van der Waals surface area contributed by atoms with Crippen LogP contribution < -0.4 is 10.1 Å². The van der Waals surface area contributed by atoms with Gasteiger partial charge in [0.2, 0.25) is 0 Å². The standard InChI is InChI=1S/C21H22Cl2N4O2/c1-13(18-26-25-17-6-4-5-11-27(17)18)24-19(28)20(2,3)29-15-9-7-14(8-10-15)16-12-21(16,22)23/h4-11,13,16H,12H2,1-3H3,(H,24,28)/t13-,16+/m1/s1. The molecular weight excluding hydrogens is 411 g/mol. The average Bonchev–Trinajstić information content (AvgIpc) is 3.11. The number of aromatic nitrogens is 3. The minimum atomic E-state index is -1.07. The first-order chi connectivity index (χ1) is 13.7. The van der Waals surface area contributed by atoms with Gasteiger partial charge in [-0.15, -0.1) is 33.4 Å². The number of alkyl halides is 2. The summed E-state index contributed by atoms with van der Waals surface area (Å²) in [5.74, 6) is 1.16. The van der Waals surface area contributed by atoms with Crippen LogP contribution in [0, 0.1) is 0 Å². The molecule has 1 saturated carbocycles. The van der Waals surface area contributed by atoms with Gasteiger partial charge in [-0.3, -0.25) is 9.20 Å². The molecular formula is C21H22Cl2N4O2. The van der Waals surface area contributed by atoms with Crippen LogP contribution >= 0.6 is 23.2 Å². The number of carbonyl (C=O) groups is 1. The zero-order chi connectivity index (χ0) is 20.8. The van der Waals surface area contributed by atoms with Crippen molar-refractivity contribution >= 4 is 34.8 Å². The highest BCUT2D eigenvalue weighted by molar-refractivity contribution is 6.51. The number of benzene rings is 1. The van der Waals surface area contributed by atoms with E-state index >= 15 is 0 Å². The minimum absolute atomic E-state index is 0.148. The van der Waals surface area contributed by atoms with Crippen molar-refractivity contribution in [1.82, 2.24) is 19.9 Å². The number of hydrogen-bond donors (Lipinski definition) is 1. The number of amides is 1. The highest BCUT2D eigenvalue weighted by Crippen LogP contribution is 2.59. The van der Waals surface area contributed by atoms with E-state index in [1.165, 1.54) is 0 Å². The Morgan fingerprint density at radius 3 is 2.59 bits per heavy atom. The summed E-state index contributed by atoms with van der Waals surface area (Å²) < 4.78 is 7.14. The van der Waals surface area contributed by atoms with Crippen molar-refractivity contribution in [1.29, 1.82) is 0 Å². The van der Waals surface area contributed by atoms with Gasteiger partial charge in [0.1, 0.15) is 10.1 Å². The van der Waals surface area contributed by atoms with E-state index in [1.807, 2.05) is 60.0 Å². The van der Waals surface area contributed by atoms with Crippen LogP contribution in [0.3, 0.4) is 0 Å². The number of carbonyl (C=O) groups excluding carboxylic acids is 1. The second-order valence-electron chi connectivity index (χ2n) is 7.88. The first-order valence-electron chi connectivity index (χ1n) is 9.45. The molecule has 0 bridgehead atoms. The Bertz CT molecular complexity index is 1050. The smallest absolute Gasteiger partial charge is 0.264 e. The van der Waals surface area contributed by atoms with E-state index in [4.69, 9.17) is 27.9 Å². The molecule has 152 valence electrons. The predicted octanol–water partition coefficient (Wildman–Crippen LogP) is 4.43. The lowest BCUT2D eigenvalue weighted by Crippen LogP contribution is -2.47. The molecule has 0 aliphatic heterocycles. The van der Waals surface area contributed by atoms with Gasteiger partial charge in [-0.2, -0.15) is 0 Å². The van der Waals surface area contributed by atoms with Gasteiger partial charge < -0.3 is 10.1 Å². The van der Waals surface area contributed by atoms with Crippen molar-refractivity contribution in [3.63, 3.8) is 0 Å². The van der Waals surface area contributed by atoms with Gasteiger partial charge in [0.25, 0.3) is 5.91 Å². The lowest BCUT2D eigenvalue weighted by atomic mass is 10.1. The molecule has 6 nitrogen and oxygen atoms in total. The zero-order valence-corrected chi connectivity index (χ0v) is 17.9. The highest BCUT2D eigenvalue weighted by atomic mass is 35.5. The Morgan fingerprint density at radius 1 is 1.24 bits per heavy atom. The Morgan fingerprint density at radius 2 is 1.93 bits per heavy atom. The van der Waals surface area contributed by atoms with Gasteiger partial charge in [-0.1, -0.05) is 18.2 Å². The maximum Gasteiger partial charge on any atom is 0.264 e. The minimum Gasteiger partial charge on any atom is -0.478 e. The molecule has 8 heteroatoms. The number of nitrogens with zero attached hydrogens (tertiary/aromatic N) is 3. The summed E-state index contributed by atoms with van der Waals surface area (Å²) in [5.41, 5.74) is 0.725. The Labute approximate surface area is 179 Å². The molecule has 1 aliphatic rings. The third kappa shape index (κ3) is 4.05. The van der Waals surface area contributed by atoms with Crippen LogP contribution in [-0.2, 0) is 4.79 Å². The fraction of sp³-hybridized carbons (Fsp3) is 0.381. The van der Waals surface area contributed by atoms with Crippen molar-refractivity contribution in [2.45, 2.75) is 49.1 Å². The van der Waals surface area contributed by atoms with Crippen LogP contribution in [0.2, 0.25) is 0 Å². The molecule has 0 unspecified atom stereocenters. The number of pyridine rings is 1. The summed E-state index contributed by atoms with van der Waals surface area (Å²) in [6.07, 6.45) is 2.62. The molecule has 1 fully saturated rings. The molecule has 4 rings (SSSR count). The Balaban J connectivity index is 1.42. The topological polar surface area (TPSA) is 68.5 Å². The van der Waals surface area contributed by atoms with Crippen LogP contribution in [0.1, 0.15) is 50.5 Å². The maximum atomic E-state index is 12.9. The number of ether oxygens (including phenoxy) is 1. The fourth-order valence-electron chi connectivity index (χ4n) is 3.27. The molecule has 1 N–H and O–H groups in total. The van der Waals surface area contributed by atoms with Crippen LogP contribution in [0.4, 0.5) is 0 Å². The summed E-state index contributed by atoms with van der Waals surface area (Å²) in [6, 6.07) is 12.9. The molecule has 29 heavy (non-hydrogen) atoms. The largest absolute Gasteiger partial charge is 0.478 e. The van der Waals surface area contributed by atoms with Crippen molar-refractivity contribution in [2.75, 3.05) is 0 Å². The van der Waals surface area contributed by atoms with Crippen molar-refractivity contribution < 1.29 is 9.53 Å². The van der Waals surface area contributed by atoms with Crippen LogP contribution in [-0.4, -0.2) is 30.4 Å². The second-order valence-corrected chi connectivity index (χ2v) is 9.42. The highest BCUT2D eigenvalue weighted by Gasteiger charge is 2.52. The van der Waals surface area contributed by atoms with Gasteiger partial charge in [-0.25, -0.2) is 0 Å². The van der Waals surface area contributed by atoms with Gasteiger partial charge >= 0.3 is 0 Å². The van der Waals surface area contributed by atoms with E-state index in [-0.39, 0.29) is 17.9 Å². The normalized spacial score (nSPS) is 19.0. The van der Waals surface area contributed by atoms with Gasteiger partial charge in [-0.05, 0) is 57.0 Å².